The third-order valence-corrected chi connectivity index (χ3v) is 7.20. The predicted octanol–water partition coefficient (Wildman–Crippen LogP) is 4.26. The number of hydrogen-bond donors (Lipinski definition) is 1. The molecule has 1 N–H and O–H groups in total. The monoisotopic (exact) mass is 460 g/mol. The van der Waals surface area contributed by atoms with Crippen LogP contribution in [0.1, 0.15) is 38.1 Å². The van der Waals surface area contributed by atoms with Gasteiger partial charge in [-0.1, -0.05) is 35.3 Å². The molecule has 0 bridgehead atoms. The summed E-state index contributed by atoms with van der Waals surface area (Å²) < 4.78 is 33.6. The van der Waals surface area contributed by atoms with Crippen molar-refractivity contribution in [2.75, 3.05) is 11.9 Å². The standard InChI is InChI=1S/C21H21ClN4O4S/c1-14(27)23-17-8-10-18(11-9-17)31(28,29)26-12-3-2-7-19(26)21-24-20(25-30-21)15-5-4-6-16(22)13-15/h4-6,8-11,13,19H,2-3,7,12H2,1H3,(H,23,27). The van der Waals surface area contributed by atoms with Crippen LogP contribution < -0.4 is 5.32 Å². The van der Waals surface area contributed by atoms with Gasteiger partial charge in [0, 0.05) is 29.7 Å². The highest BCUT2D eigenvalue weighted by molar-refractivity contribution is 7.89. The van der Waals surface area contributed by atoms with Gasteiger partial charge < -0.3 is 9.84 Å². The van der Waals surface area contributed by atoms with Crippen LogP contribution in [-0.2, 0) is 14.8 Å². The molecule has 162 valence electrons. The van der Waals surface area contributed by atoms with E-state index >= 15 is 0 Å². The summed E-state index contributed by atoms with van der Waals surface area (Å²) >= 11 is 6.04. The highest BCUT2D eigenvalue weighted by Crippen LogP contribution is 2.35. The Morgan fingerprint density at radius 2 is 1.97 bits per heavy atom. The molecule has 1 atom stereocenters. The lowest BCUT2D eigenvalue weighted by Gasteiger charge is -2.32. The third kappa shape index (κ3) is 4.63. The van der Waals surface area contributed by atoms with E-state index in [1.807, 2.05) is 6.07 Å². The molecule has 1 amide bonds. The van der Waals surface area contributed by atoms with Crippen LogP contribution in [0.2, 0.25) is 5.02 Å². The molecule has 0 saturated carbocycles. The Morgan fingerprint density at radius 1 is 1.19 bits per heavy atom. The first kappa shape index (κ1) is 21.5. The van der Waals surface area contributed by atoms with Crippen LogP contribution in [0.25, 0.3) is 11.4 Å². The molecule has 8 nitrogen and oxygen atoms in total. The predicted molar refractivity (Wildman–Crippen MR) is 116 cm³/mol. The van der Waals surface area contributed by atoms with E-state index in [-0.39, 0.29) is 16.7 Å². The molecule has 1 fully saturated rings. The normalized spacial score (nSPS) is 17.4. The van der Waals surface area contributed by atoms with Crippen LogP contribution in [-0.4, -0.2) is 35.3 Å². The van der Waals surface area contributed by atoms with E-state index in [1.54, 1.807) is 30.3 Å². The van der Waals surface area contributed by atoms with Gasteiger partial charge in [-0.05, 0) is 49.2 Å². The maximum atomic E-state index is 13.4. The summed E-state index contributed by atoms with van der Waals surface area (Å²) in [4.78, 5) is 15.8. The molecular weight excluding hydrogens is 440 g/mol. The molecule has 1 aliphatic heterocycles. The Morgan fingerprint density at radius 3 is 2.68 bits per heavy atom. The molecule has 0 aliphatic carbocycles. The van der Waals surface area contributed by atoms with Crippen molar-refractivity contribution in [2.45, 2.75) is 37.1 Å². The lowest BCUT2D eigenvalue weighted by atomic mass is 10.1. The fraction of sp³-hybridized carbons (Fsp3) is 0.286. The Hall–Kier alpha value is -2.75. The average molecular weight is 461 g/mol. The van der Waals surface area contributed by atoms with E-state index in [4.69, 9.17) is 16.1 Å². The largest absolute Gasteiger partial charge is 0.337 e. The number of anilines is 1. The van der Waals surface area contributed by atoms with Crippen molar-refractivity contribution in [3.05, 3.63) is 59.4 Å². The molecular formula is C21H21ClN4O4S. The van der Waals surface area contributed by atoms with Crippen molar-refractivity contribution in [2.24, 2.45) is 0 Å². The van der Waals surface area contributed by atoms with E-state index in [2.05, 4.69) is 15.5 Å². The minimum absolute atomic E-state index is 0.142. The van der Waals surface area contributed by atoms with Gasteiger partial charge in [-0.2, -0.15) is 9.29 Å². The minimum Gasteiger partial charge on any atom is -0.337 e. The highest BCUT2D eigenvalue weighted by atomic mass is 35.5. The summed E-state index contributed by atoms with van der Waals surface area (Å²) in [7, 11) is -3.79. The molecule has 0 spiro atoms. The van der Waals surface area contributed by atoms with Crippen molar-refractivity contribution < 1.29 is 17.7 Å². The summed E-state index contributed by atoms with van der Waals surface area (Å²) in [5, 5.41) is 7.20. The Bertz CT molecular complexity index is 1190. The zero-order chi connectivity index (χ0) is 22.0. The van der Waals surface area contributed by atoms with Gasteiger partial charge in [0.05, 0.1) is 4.90 Å². The number of hydrogen-bond acceptors (Lipinski definition) is 6. The van der Waals surface area contributed by atoms with Crippen molar-refractivity contribution in [3.63, 3.8) is 0 Å². The third-order valence-electron chi connectivity index (χ3n) is 5.04. The van der Waals surface area contributed by atoms with E-state index in [1.165, 1.54) is 23.4 Å². The zero-order valence-corrected chi connectivity index (χ0v) is 18.4. The van der Waals surface area contributed by atoms with Crippen molar-refractivity contribution in [3.8, 4) is 11.4 Å². The number of sulfonamides is 1. The van der Waals surface area contributed by atoms with Gasteiger partial charge in [0.2, 0.25) is 27.6 Å². The highest BCUT2D eigenvalue weighted by Gasteiger charge is 2.37. The first-order valence-corrected chi connectivity index (χ1v) is 11.7. The quantitative estimate of drug-likeness (QED) is 0.609. The van der Waals surface area contributed by atoms with Gasteiger partial charge >= 0.3 is 0 Å². The number of carbonyl (C=O) groups is 1. The average Bonchev–Trinajstić information content (AvgIpc) is 3.24. The van der Waals surface area contributed by atoms with Crippen LogP contribution in [0.4, 0.5) is 5.69 Å². The van der Waals surface area contributed by atoms with Crippen LogP contribution in [0.15, 0.2) is 57.9 Å². The molecule has 3 aromatic rings. The van der Waals surface area contributed by atoms with E-state index in [0.717, 1.165) is 12.8 Å². The van der Waals surface area contributed by atoms with Gasteiger partial charge in [-0.15, -0.1) is 0 Å². The van der Waals surface area contributed by atoms with Gasteiger partial charge in [-0.3, -0.25) is 4.79 Å². The van der Waals surface area contributed by atoms with Gasteiger partial charge in [0.1, 0.15) is 6.04 Å². The van der Waals surface area contributed by atoms with E-state index in [0.29, 0.717) is 35.1 Å². The zero-order valence-electron chi connectivity index (χ0n) is 16.8. The Labute approximate surface area is 185 Å². The molecule has 1 unspecified atom stereocenters. The summed E-state index contributed by atoms with van der Waals surface area (Å²) in [5.41, 5.74) is 1.23. The van der Waals surface area contributed by atoms with E-state index in [9.17, 15) is 13.2 Å². The molecule has 0 radical (unpaired) electrons. The number of nitrogens with one attached hydrogen (secondary N) is 1. The first-order chi connectivity index (χ1) is 14.8. The Kier molecular flexibility index (Phi) is 6.08. The number of carbonyl (C=O) groups excluding carboxylic acids is 1. The van der Waals surface area contributed by atoms with Crippen molar-refractivity contribution in [1.82, 2.24) is 14.4 Å². The molecule has 4 rings (SSSR count). The van der Waals surface area contributed by atoms with Gasteiger partial charge in [0.25, 0.3) is 0 Å². The van der Waals surface area contributed by atoms with Gasteiger partial charge in [-0.25, -0.2) is 8.42 Å². The SMILES string of the molecule is CC(=O)Nc1ccc(S(=O)(=O)N2CCCCC2c2nc(-c3cccc(Cl)c3)no2)cc1. The van der Waals surface area contributed by atoms with Crippen molar-refractivity contribution in [1.29, 1.82) is 0 Å². The number of rotatable bonds is 5. The van der Waals surface area contributed by atoms with Gasteiger partial charge in [0.15, 0.2) is 0 Å². The summed E-state index contributed by atoms with van der Waals surface area (Å²) in [6.07, 6.45) is 2.18. The summed E-state index contributed by atoms with van der Waals surface area (Å²) in [6.45, 7) is 1.75. The molecule has 2 heterocycles. The fourth-order valence-corrected chi connectivity index (χ4v) is 5.44. The van der Waals surface area contributed by atoms with Crippen molar-refractivity contribution >= 4 is 33.2 Å². The molecule has 10 heteroatoms. The first-order valence-electron chi connectivity index (χ1n) is 9.83. The number of amides is 1. The number of aromatic nitrogens is 2. The summed E-state index contributed by atoms with van der Waals surface area (Å²) in [6, 6.07) is 12.6. The van der Waals surface area contributed by atoms with Crippen LogP contribution in [0, 0.1) is 0 Å². The maximum absolute atomic E-state index is 13.4. The van der Waals surface area contributed by atoms with Crippen LogP contribution in [0.3, 0.4) is 0 Å². The summed E-state index contributed by atoms with van der Waals surface area (Å²) in [5.74, 6) is 0.395. The van der Waals surface area contributed by atoms with Crippen LogP contribution in [0.5, 0.6) is 0 Å². The second kappa shape index (κ2) is 8.78. The number of halogens is 1. The lowest BCUT2D eigenvalue weighted by molar-refractivity contribution is -0.114. The molecule has 31 heavy (non-hydrogen) atoms. The lowest BCUT2D eigenvalue weighted by Crippen LogP contribution is -2.38. The topological polar surface area (TPSA) is 105 Å². The second-order valence-electron chi connectivity index (χ2n) is 7.30. The van der Waals surface area contributed by atoms with Crippen LogP contribution >= 0.6 is 11.6 Å². The maximum Gasteiger partial charge on any atom is 0.245 e. The Balaban J connectivity index is 1.62. The minimum atomic E-state index is -3.79. The fourth-order valence-electron chi connectivity index (χ4n) is 3.60. The number of piperidine rings is 1. The molecule has 1 aliphatic rings. The number of benzene rings is 2. The smallest absolute Gasteiger partial charge is 0.245 e. The second-order valence-corrected chi connectivity index (χ2v) is 9.63. The number of nitrogens with zero attached hydrogens (tertiary/aromatic N) is 3. The van der Waals surface area contributed by atoms with E-state index < -0.39 is 16.1 Å². The molecule has 1 saturated heterocycles. The molecule has 2 aromatic carbocycles. The molecule has 1 aromatic heterocycles.